The highest BCUT2D eigenvalue weighted by atomic mass is 32.2. The number of piperidine rings is 1. The third kappa shape index (κ3) is 4.40. The molecule has 0 radical (unpaired) electrons. The topological polar surface area (TPSA) is 136 Å². The molecule has 2 amide bonds. The van der Waals surface area contributed by atoms with Gasteiger partial charge in [0, 0.05) is 53.7 Å². The van der Waals surface area contributed by atoms with Crippen LogP contribution in [0.1, 0.15) is 44.2 Å². The molecule has 5 heterocycles. The molecule has 0 saturated carbocycles. The number of rotatable bonds is 5. The number of benzene rings is 1. The molecule has 2 aliphatic rings. The van der Waals surface area contributed by atoms with Crippen molar-refractivity contribution in [3.63, 3.8) is 0 Å². The van der Waals surface area contributed by atoms with Crippen molar-refractivity contribution in [2.24, 2.45) is 0 Å². The summed E-state index contributed by atoms with van der Waals surface area (Å²) in [5.41, 5.74) is 10.8. The van der Waals surface area contributed by atoms with Gasteiger partial charge in [0.15, 0.2) is 15.5 Å². The van der Waals surface area contributed by atoms with Gasteiger partial charge in [0.25, 0.3) is 0 Å². The number of hydrogen-bond acceptors (Lipinski definition) is 7. The summed E-state index contributed by atoms with van der Waals surface area (Å²) in [6.07, 6.45) is 7.63. The van der Waals surface area contributed by atoms with Crippen LogP contribution < -0.4 is 11.1 Å². The van der Waals surface area contributed by atoms with Crippen molar-refractivity contribution in [1.82, 2.24) is 29.8 Å². The fourth-order valence-corrected chi connectivity index (χ4v) is 7.24. The van der Waals surface area contributed by atoms with Gasteiger partial charge in [-0.3, -0.25) is 4.98 Å². The number of carbonyl (C=O) groups is 1. The standard InChI is InChI=1S/C28H31N7O3S/c1-3-30-28(36)34-20-10-11-21(34)14-19(13-20)24-25(39(2,37)38)26(29)35-27(33-24)22(16-32-35)18-9-12-23(31-15-18)17-7-5-4-6-8-17/h4-9,12,15-16,19-21H,3,10-11,13-14,29H2,1-2H3,(H,30,36)/t19?,20-,21+. The van der Waals surface area contributed by atoms with Gasteiger partial charge in [-0.15, -0.1) is 0 Å². The number of nitrogens with zero attached hydrogens (tertiary/aromatic N) is 5. The summed E-state index contributed by atoms with van der Waals surface area (Å²) in [6, 6.07) is 13.8. The summed E-state index contributed by atoms with van der Waals surface area (Å²) < 4.78 is 27.4. The second kappa shape index (κ2) is 9.64. The van der Waals surface area contributed by atoms with Crippen molar-refractivity contribution in [3.05, 3.63) is 60.6 Å². The van der Waals surface area contributed by atoms with Gasteiger partial charge in [-0.25, -0.2) is 18.2 Å². The normalized spacial score (nSPS) is 20.9. The van der Waals surface area contributed by atoms with Crippen molar-refractivity contribution in [2.45, 2.75) is 55.5 Å². The largest absolute Gasteiger partial charge is 0.382 e. The first-order chi connectivity index (χ1) is 18.8. The predicted octanol–water partition coefficient (Wildman–Crippen LogP) is 3.88. The first kappa shape index (κ1) is 25.3. The Morgan fingerprint density at radius 3 is 2.38 bits per heavy atom. The molecule has 3 aromatic heterocycles. The van der Waals surface area contributed by atoms with Crippen molar-refractivity contribution >= 4 is 27.3 Å². The van der Waals surface area contributed by atoms with Crippen molar-refractivity contribution in [3.8, 4) is 22.4 Å². The van der Waals surface area contributed by atoms with E-state index in [1.807, 2.05) is 54.3 Å². The highest BCUT2D eigenvalue weighted by Gasteiger charge is 2.45. The third-order valence-corrected chi connectivity index (χ3v) is 9.02. The minimum atomic E-state index is -3.70. The molecule has 0 spiro atoms. The van der Waals surface area contributed by atoms with E-state index in [9.17, 15) is 13.2 Å². The molecule has 2 saturated heterocycles. The summed E-state index contributed by atoms with van der Waals surface area (Å²) in [7, 11) is -3.70. The van der Waals surface area contributed by atoms with Crippen LogP contribution in [-0.4, -0.2) is 63.8 Å². The Balaban J connectivity index is 1.42. The molecule has 6 rings (SSSR count). The fourth-order valence-electron chi connectivity index (χ4n) is 6.19. The molecule has 39 heavy (non-hydrogen) atoms. The minimum absolute atomic E-state index is 0.0260. The van der Waals surface area contributed by atoms with E-state index in [0.717, 1.165) is 41.5 Å². The molecule has 10 nitrogen and oxygen atoms in total. The van der Waals surface area contributed by atoms with E-state index < -0.39 is 9.84 Å². The Morgan fingerprint density at radius 2 is 1.77 bits per heavy atom. The lowest BCUT2D eigenvalue weighted by Gasteiger charge is -2.39. The molecule has 202 valence electrons. The number of hydrogen-bond donors (Lipinski definition) is 2. The Morgan fingerprint density at radius 1 is 1.05 bits per heavy atom. The smallest absolute Gasteiger partial charge is 0.317 e. The van der Waals surface area contributed by atoms with Gasteiger partial charge in [-0.1, -0.05) is 36.4 Å². The number of nitrogen functional groups attached to an aromatic ring is 1. The van der Waals surface area contributed by atoms with Crippen molar-refractivity contribution in [1.29, 1.82) is 0 Å². The number of aromatic nitrogens is 4. The van der Waals surface area contributed by atoms with Crippen LogP contribution in [0.3, 0.4) is 0 Å². The van der Waals surface area contributed by atoms with Gasteiger partial charge in [0.2, 0.25) is 0 Å². The van der Waals surface area contributed by atoms with E-state index in [2.05, 4.69) is 15.4 Å². The molecule has 1 aromatic carbocycles. The average Bonchev–Trinajstić information content (AvgIpc) is 3.47. The van der Waals surface area contributed by atoms with Crippen molar-refractivity contribution < 1.29 is 13.2 Å². The summed E-state index contributed by atoms with van der Waals surface area (Å²) in [6.45, 7) is 2.47. The van der Waals surface area contributed by atoms with Crippen LogP contribution in [0.5, 0.6) is 0 Å². The molecule has 3 atom stereocenters. The Hall–Kier alpha value is -3.99. The Kier molecular flexibility index (Phi) is 6.25. The molecule has 0 aliphatic carbocycles. The monoisotopic (exact) mass is 545 g/mol. The molecule has 1 unspecified atom stereocenters. The zero-order valence-electron chi connectivity index (χ0n) is 21.9. The summed E-state index contributed by atoms with van der Waals surface area (Å²) in [4.78, 5) is 24.2. The van der Waals surface area contributed by atoms with Gasteiger partial charge in [-0.05, 0) is 38.7 Å². The molecule has 11 heteroatoms. The minimum Gasteiger partial charge on any atom is -0.382 e. The summed E-state index contributed by atoms with van der Waals surface area (Å²) in [5.74, 6) is -0.0948. The molecular formula is C28H31N7O3S. The van der Waals surface area contributed by atoms with Crippen LogP contribution in [0, 0.1) is 0 Å². The number of sulfone groups is 1. The molecule has 4 aromatic rings. The van der Waals surface area contributed by atoms with Crippen LogP contribution >= 0.6 is 0 Å². The highest BCUT2D eigenvalue weighted by molar-refractivity contribution is 7.91. The van der Waals surface area contributed by atoms with Gasteiger partial charge >= 0.3 is 6.03 Å². The lowest BCUT2D eigenvalue weighted by molar-refractivity contribution is 0.137. The molecular weight excluding hydrogens is 514 g/mol. The first-order valence-corrected chi connectivity index (χ1v) is 15.1. The molecule has 2 aliphatic heterocycles. The molecule has 3 N–H and O–H groups in total. The van der Waals surface area contributed by atoms with E-state index >= 15 is 0 Å². The van der Waals surface area contributed by atoms with Crippen LogP contribution in [0.25, 0.3) is 28.0 Å². The second-order valence-electron chi connectivity index (χ2n) is 10.4. The maximum Gasteiger partial charge on any atom is 0.317 e. The predicted molar refractivity (Wildman–Crippen MR) is 149 cm³/mol. The zero-order valence-corrected chi connectivity index (χ0v) is 22.7. The van der Waals surface area contributed by atoms with Gasteiger partial charge in [0.1, 0.15) is 10.7 Å². The van der Waals surface area contributed by atoms with Crippen LogP contribution in [0.4, 0.5) is 10.6 Å². The molecule has 2 bridgehead atoms. The van der Waals surface area contributed by atoms with Crippen LogP contribution in [0.15, 0.2) is 59.8 Å². The van der Waals surface area contributed by atoms with E-state index in [0.29, 0.717) is 30.7 Å². The number of urea groups is 1. The lowest BCUT2D eigenvalue weighted by Crippen LogP contribution is -2.50. The number of carbonyl (C=O) groups excluding carboxylic acids is 1. The van der Waals surface area contributed by atoms with Gasteiger partial charge < -0.3 is 16.0 Å². The summed E-state index contributed by atoms with van der Waals surface area (Å²) in [5, 5.41) is 7.32. The number of nitrogens with one attached hydrogen (secondary N) is 1. The first-order valence-electron chi connectivity index (χ1n) is 13.2. The Labute approximate surface area is 227 Å². The van der Waals surface area contributed by atoms with E-state index in [1.165, 1.54) is 4.52 Å². The zero-order chi connectivity index (χ0) is 27.3. The summed E-state index contributed by atoms with van der Waals surface area (Å²) >= 11 is 0. The average molecular weight is 546 g/mol. The highest BCUT2D eigenvalue weighted by Crippen LogP contribution is 2.45. The van der Waals surface area contributed by atoms with E-state index in [4.69, 9.17) is 10.7 Å². The number of pyridine rings is 1. The SMILES string of the molecule is CCNC(=O)N1[C@@H]2CC[C@H]1CC(c1nc3c(-c4ccc(-c5ccccc5)nc4)cnn3c(N)c1S(C)(=O)=O)C2. The van der Waals surface area contributed by atoms with Crippen molar-refractivity contribution in [2.75, 3.05) is 18.5 Å². The number of amides is 2. The number of nitrogens with two attached hydrogens (primary N) is 1. The van der Waals surface area contributed by atoms with E-state index in [1.54, 1.807) is 12.4 Å². The van der Waals surface area contributed by atoms with Gasteiger partial charge in [-0.2, -0.15) is 9.61 Å². The number of fused-ring (bicyclic) bond motifs is 3. The second-order valence-corrected chi connectivity index (χ2v) is 12.3. The van der Waals surface area contributed by atoms with Crippen LogP contribution in [-0.2, 0) is 9.84 Å². The maximum absolute atomic E-state index is 13.0. The fraction of sp³-hybridized carbons (Fsp3) is 0.357. The molecule has 2 fully saturated rings. The third-order valence-electron chi connectivity index (χ3n) is 7.86. The quantitative estimate of drug-likeness (QED) is 0.388. The lowest BCUT2D eigenvalue weighted by atomic mass is 9.88. The Bertz CT molecular complexity index is 1640. The van der Waals surface area contributed by atoms with E-state index in [-0.39, 0.29) is 34.7 Å². The number of anilines is 1. The van der Waals surface area contributed by atoms with Crippen LogP contribution in [0.2, 0.25) is 0 Å². The van der Waals surface area contributed by atoms with Gasteiger partial charge in [0.05, 0.1) is 17.6 Å². The maximum atomic E-state index is 13.0.